The molecule has 0 aliphatic carbocycles. The summed E-state index contributed by atoms with van der Waals surface area (Å²) in [7, 11) is 0. The van der Waals surface area contributed by atoms with E-state index in [4.69, 9.17) is 0 Å². The van der Waals surface area contributed by atoms with E-state index in [1.54, 1.807) is 11.0 Å². The number of nitrogens with zero attached hydrogens (tertiary/aromatic N) is 1. The predicted octanol–water partition coefficient (Wildman–Crippen LogP) is 2.82. The van der Waals surface area contributed by atoms with Gasteiger partial charge < -0.3 is 15.1 Å². The Hall–Kier alpha value is -2.66. The Kier molecular flexibility index (Phi) is 5.33. The first-order chi connectivity index (χ1) is 12.8. The second kappa shape index (κ2) is 7.53. The molecule has 1 aliphatic heterocycles. The van der Waals surface area contributed by atoms with Crippen molar-refractivity contribution < 1.29 is 19.8 Å². The molecule has 0 unspecified atom stereocenters. The highest BCUT2D eigenvalue weighted by Gasteiger charge is 2.49. The van der Waals surface area contributed by atoms with Crippen LogP contribution in [0.4, 0.5) is 0 Å². The molecule has 1 aliphatic rings. The molecule has 2 atom stereocenters. The van der Waals surface area contributed by atoms with Crippen LogP contribution in [0.3, 0.4) is 0 Å². The molecule has 1 saturated heterocycles. The van der Waals surface area contributed by atoms with Gasteiger partial charge in [0.25, 0.3) is 5.91 Å². The average Bonchev–Trinajstić information content (AvgIpc) is 2.65. The van der Waals surface area contributed by atoms with Crippen molar-refractivity contribution in [2.45, 2.75) is 32.8 Å². The molecule has 0 radical (unpaired) electrons. The molecule has 0 aromatic heterocycles. The van der Waals surface area contributed by atoms with Crippen molar-refractivity contribution in [3.63, 3.8) is 0 Å². The zero-order chi connectivity index (χ0) is 19.6. The fraction of sp³-hybridized carbons (Fsp3) is 0.364. The van der Waals surface area contributed by atoms with E-state index >= 15 is 0 Å². The molecule has 5 nitrogen and oxygen atoms in total. The van der Waals surface area contributed by atoms with E-state index < -0.39 is 17.5 Å². The molecule has 142 valence electrons. The van der Waals surface area contributed by atoms with Crippen molar-refractivity contribution in [1.82, 2.24) is 4.90 Å². The largest absolute Gasteiger partial charge is 0.481 e. The van der Waals surface area contributed by atoms with E-state index in [2.05, 4.69) is 0 Å². The third-order valence-corrected chi connectivity index (χ3v) is 5.69. The van der Waals surface area contributed by atoms with Gasteiger partial charge in [0.1, 0.15) is 5.41 Å². The Morgan fingerprint density at radius 3 is 2.41 bits per heavy atom. The van der Waals surface area contributed by atoms with Gasteiger partial charge in [-0.15, -0.1) is 0 Å². The number of carbonyl (C=O) groups excluding carboxylic acids is 1. The molecule has 0 spiro atoms. The number of carboxylic acid groups (broad SMARTS) is 1. The third kappa shape index (κ3) is 3.74. The van der Waals surface area contributed by atoms with Crippen LogP contribution in [0.15, 0.2) is 48.5 Å². The Bertz CT molecular complexity index is 849. The van der Waals surface area contributed by atoms with Crippen LogP contribution in [-0.2, 0) is 11.2 Å². The van der Waals surface area contributed by atoms with Crippen LogP contribution in [-0.4, -0.2) is 46.2 Å². The van der Waals surface area contributed by atoms with Gasteiger partial charge in [-0.2, -0.15) is 0 Å². The highest BCUT2D eigenvalue weighted by molar-refractivity contribution is 5.94. The number of aryl methyl sites for hydroxylation is 2. The van der Waals surface area contributed by atoms with E-state index in [-0.39, 0.29) is 25.3 Å². The molecule has 0 bridgehead atoms. The number of amides is 1. The summed E-state index contributed by atoms with van der Waals surface area (Å²) in [5, 5.41) is 20.6. The van der Waals surface area contributed by atoms with E-state index in [0.29, 0.717) is 12.1 Å². The minimum absolute atomic E-state index is 0.0187. The lowest BCUT2D eigenvalue weighted by atomic mass is 9.71. The molecule has 0 saturated carbocycles. The van der Waals surface area contributed by atoms with Crippen LogP contribution in [0.1, 0.15) is 33.5 Å². The molecule has 1 fully saturated rings. The maximum atomic E-state index is 12.8. The highest BCUT2D eigenvalue weighted by Crippen LogP contribution is 2.36. The van der Waals surface area contributed by atoms with E-state index in [1.807, 2.05) is 56.3 Å². The Morgan fingerprint density at radius 1 is 1.11 bits per heavy atom. The van der Waals surface area contributed by atoms with Crippen molar-refractivity contribution in [2.75, 3.05) is 13.1 Å². The van der Waals surface area contributed by atoms with Gasteiger partial charge in [0.05, 0.1) is 6.10 Å². The summed E-state index contributed by atoms with van der Waals surface area (Å²) in [5.41, 5.74) is 2.30. The van der Waals surface area contributed by atoms with Gasteiger partial charge in [-0.3, -0.25) is 9.59 Å². The number of aliphatic carboxylic acids is 1. The van der Waals surface area contributed by atoms with Crippen molar-refractivity contribution in [1.29, 1.82) is 0 Å². The molecular weight excluding hydrogens is 342 g/mol. The summed E-state index contributed by atoms with van der Waals surface area (Å²) >= 11 is 0. The first-order valence-electron chi connectivity index (χ1n) is 9.15. The quantitative estimate of drug-likeness (QED) is 0.871. The molecule has 5 heteroatoms. The Morgan fingerprint density at radius 2 is 1.81 bits per heavy atom. The summed E-state index contributed by atoms with van der Waals surface area (Å²) in [6, 6.07) is 14.8. The molecule has 1 heterocycles. The number of β-amino-alcohol motifs (C(OH)–C–C–N with tert-alkyl or cyclic N) is 1. The number of likely N-dealkylation sites (tertiary alicyclic amines) is 1. The number of aliphatic hydroxyl groups is 1. The van der Waals surface area contributed by atoms with Crippen molar-refractivity contribution in [3.8, 4) is 0 Å². The molecule has 2 N–H and O–H groups in total. The lowest BCUT2D eigenvalue weighted by Gasteiger charge is -2.43. The van der Waals surface area contributed by atoms with Crippen molar-refractivity contribution in [2.24, 2.45) is 5.41 Å². The Balaban J connectivity index is 1.79. The SMILES string of the molecule is Cc1ccc(C(=O)N2CC[C@](Cc3ccccc3)(C(=O)O)[C@H](O)C2)cc1C. The fourth-order valence-electron chi connectivity index (χ4n) is 3.71. The predicted molar refractivity (Wildman–Crippen MR) is 103 cm³/mol. The molecule has 2 aromatic carbocycles. The summed E-state index contributed by atoms with van der Waals surface area (Å²) in [6.07, 6.45) is -0.662. The maximum absolute atomic E-state index is 12.8. The van der Waals surface area contributed by atoms with E-state index in [9.17, 15) is 19.8 Å². The van der Waals surface area contributed by atoms with Gasteiger partial charge in [0, 0.05) is 18.7 Å². The number of piperidine rings is 1. The van der Waals surface area contributed by atoms with Gasteiger partial charge in [0.2, 0.25) is 0 Å². The number of rotatable bonds is 4. The normalized spacial score (nSPS) is 22.5. The maximum Gasteiger partial charge on any atom is 0.312 e. The zero-order valence-electron chi connectivity index (χ0n) is 15.7. The second-order valence-corrected chi connectivity index (χ2v) is 7.44. The lowest BCUT2D eigenvalue weighted by molar-refractivity contribution is -0.161. The number of benzene rings is 2. The van der Waals surface area contributed by atoms with Gasteiger partial charge in [-0.1, -0.05) is 36.4 Å². The summed E-state index contributed by atoms with van der Waals surface area (Å²) < 4.78 is 0. The number of aliphatic hydroxyl groups excluding tert-OH is 1. The molecular formula is C22H25NO4. The number of hydrogen-bond donors (Lipinski definition) is 2. The molecule has 2 aromatic rings. The van der Waals surface area contributed by atoms with Crippen LogP contribution < -0.4 is 0 Å². The summed E-state index contributed by atoms with van der Waals surface area (Å²) in [4.78, 5) is 26.4. The second-order valence-electron chi connectivity index (χ2n) is 7.44. The highest BCUT2D eigenvalue weighted by atomic mass is 16.4. The van der Waals surface area contributed by atoms with Crippen LogP contribution in [0.25, 0.3) is 0 Å². The summed E-state index contributed by atoms with van der Waals surface area (Å²) in [5.74, 6) is -1.19. The molecule has 27 heavy (non-hydrogen) atoms. The first kappa shape index (κ1) is 19.1. The summed E-state index contributed by atoms with van der Waals surface area (Å²) in [6.45, 7) is 4.26. The van der Waals surface area contributed by atoms with Gasteiger partial charge in [0.15, 0.2) is 0 Å². The molecule has 3 rings (SSSR count). The minimum Gasteiger partial charge on any atom is -0.481 e. The van der Waals surface area contributed by atoms with E-state index in [1.165, 1.54) is 0 Å². The van der Waals surface area contributed by atoms with Gasteiger partial charge in [-0.05, 0) is 55.5 Å². The average molecular weight is 367 g/mol. The van der Waals surface area contributed by atoms with Crippen molar-refractivity contribution >= 4 is 11.9 Å². The van der Waals surface area contributed by atoms with Crippen LogP contribution >= 0.6 is 0 Å². The van der Waals surface area contributed by atoms with Gasteiger partial charge in [-0.25, -0.2) is 0 Å². The number of carbonyl (C=O) groups is 2. The van der Waals surface area contributed by atoms with Crippen molar-refractivity contribution in [3.05, 3.63) is 70.8 Å². The first-order valence-corrected chi connectivity index (χ1v) is 9.15. The van der Waals surface area contributed by atoms with Gasteiger partial charge >= 0.3 is 5.97 Å². The monoisotopic (exact) mass is 367 g/mol. The molecule has 1 amide bonds. The van der Waals surface area contributed by atoms with E-state index in [0.717, 1.165) is 16.7 Å². The zero-order valence-corrected chi connectivity index (χ0v) is 15.7. The Labute approximate surface area is 159 Å². The third-order valence-electron chi connectivity index (χ3n) is 5.69. The van der Waals surface area contributed by atoms with Crippen LogP contribution in [0, 0.1) is 19.3 Å². The number of hydrogen-bond acceptors (Lipinski definition) is 3. The minimum atomic E-state index is -1.28. The van der Waals surface area contributed by atoms with Crippen LogP contribution in [0.2, 0.25) is 0 Å². The lowest BCUT2D eigenvalue weighted by Crippen LogP contribution is -2.57. The standard InChI is InChI=1S/C22H25NO4/c1-15-8-9-18(12-16(15)2)20(25)23-11-10-22(21(26)27,19(24)14-23)13-17-6-4-3-5-7-17/h3-9,12,19,24H,10-11,13-14H2,1-2H3,(H,26,27)/t19-,22-/m1/s1. The topological polar surface area (TPSA) is 77.8 Å². The smallest absolute Gasteiger partial charge is 0.312 e. The number of carboxylic acids is 1. The fourth-order valence-corrected chi connectivity index (χ4v) is 3.71. The van der Waals surface area contributed by atoms with Crippen LogP contribution in [0.5, 0.6) is 0 Å².